The van der Waals surface area contributed by atoms with E-state index in [-0.39, 0.29) is 5.91 Å². The molecule has 0 aliphatic carbocycles. The number of hydrogen-bond acceptors (Lipinski definition) is 3. The molecule has 1 aliphatic heterocycles. The Kier molecular flexibility index (Phi) is 6.81. The van der Waals surface area contributed by atoms with Crippen LogP contribution in [0.4, 0.5) is 0 Å². The van der Waals surface area contributed by atoms with Gasteiger partial charge in [-0.05, 0) is 24.5 Å². The number of rotatable bonds is 7. The normalized spacial score (nSPS) is 16.2. The zero-order chi connectivity index (χ0) is 18.2. The highest BCUT2D eigenvalue weighted by atomic mass is 16.5. The molecular formula is C22H28N2O2. The van der Waals surface area contributed by atoms with Gasteiger partial charge in [-0.3, -0.25) is 9.69 Å². The van der Waals surface area contributed by atoms with Crippen LogP contribution in [0.2, 0.25) is 0 Å². The quantitative estimate of drug-likeness (QED) is 0.833. The Labute approximate surface area is 156 Å². The van der Waals surface area contributed by atoms with Crippen LogP contribution in [0.1, 0.15) is 16.7 Å². The number of ether oxygens (including phenoxy) is 1. The van der Waals surface area contributed by atoms with Crippen molar-refractivity contribution >= 4 is 5.91 Å². The van der Waals surface area contributed by atoms with Gasteiger partial charge in [-0.25, -0.2) is 0 Å². The minimum atomic E-state index is 0.0851. The summed E-state index contributed by atoms with van der Waals surface area (Å²) in [4.78, 5) is 14.8. The van der Waals surface area contributed by atoms with E-state index in [1.54, 1.807) is 0 Å². The second kappa shape index (κ2) is 9.51. The van der Waals surface area contributed by atoms with E-state index in [4.69, 9.17) is 4.74 Å². The molecular weight excluding hydrogens is 324 g/mol. The molecule has 1 unspecified atom stereocenters. The van der Waals surface area contributed by atoms with Gasteiger partial charge in [-0.2, -0.15) is 0 Å². The van der Waals surface area contributed by atoms with E-state index in [1.807, 2.05) is 18.2 Å². The zero-order valence-corrected chi connectivity index (χ0v) is 15.5. The maximum absolute atomic E-state index is 12.4. The maximum atomic E-state index is 12.4. The minimum absolute atomic E-state index is 0.0851. The highest BCUT2D eigenvalue weighted by Gasteiger charge is 2.22. The largest absolute Gasteiger partial charge is 0.379 e. The van der Waals surface area contributed by atoms with Crippen LogP contribution >= 0.6 is 0 Å². The number of carbonyl (C=O) groups excluding carboxylic acids is 1. The van der Waals surface area contributed by atoms with Gasteiger partial charge in [0.15, 0.2) is 0 Å². The summed E-state index contributed by atoms with van der Waals surface area (Å²) in [6.07, 6.45) is 1.37. The summed E-state index contributed by atoms with van der Waals surface area (Å²) in [5.74, 6) is 0.0851. The molecule has 1 heterocycles. The first kappa shape index (κ1) is 18.6. The third-order valence-corrected chi connectivity index (χ3v) is 4.86. The number of hydrogen-bond donors (Lipinski definition) is 1. The van der Waals surface area contributed by atoms with Crippen molar-refractivity contribution in [3.05, 3.63) is 71.3 Å². The van der Waals surface area contributed by atoms with Crippen molar-refractivity contribution in [2.24, 2.45) is 0 Å². The van der Waals surface area contributed by atoms with Crippen LogP contribution in [-0.4, -0.2) is 49.7 Å². The first-order valence-corrected chi connectivity index (χ1v) is 9.38. The van der Waals surface area contributed by atoms with Gasteiger partial charge in [0.1, 0.15) is 0 Å². The number of morpholine rings is 1. The summed E-state index contributed by atoms with van der Waals surface area (Å²) in [6.45, 7) is 6.09. The molecule has 0 radical (unpaired) electrons. The Morgan fingerprint density at radius 2 is 1.81 bits per heavy atom. The van der Waals surface area contributed by atoms with E-state index >= 15 is 0 Å². The van der Waals surface area contributed by atoms with Crippen molar-refractivity contribution in [1.82, 2.24) is 10.2 Å². The number of carbonyl (C=O) groups is 1. The van der Waals surface area contributed by atoms with E-state index in [0.717, 1.165) is 38.3 Å². The first-order chi connectivity index (χ1) is 12.7. The Morgan fingerprint density at radius 3 is 2.54 bits per heavy atom. The second-order valence-electron chi connectivity index (χ2n) is 6.96. The first-order valence-electron chi connectivity index (χ1n) is 9.38. The highest BCUT2D eigenvalue weighted by Crippen LogP contribution is 2.11. The van der Waals surface area contributed by atoms with Crippen LogP contribution in [-0.2, 0) is 22.4 Å². The molecule has 0 saturated carbocycles. The molecule has 1 N–H and O–H groups in total. The van der Waals surface area contributed by atoms with Crippen molar-refractivity contribution < 1.29 is 9.53 Å². The summed E-state index contributed by atoms with van der Waals surface area (Å²) in [6, 6.07) is 18.9. The lowest BCUT2D eigenvalue weighted by Gasteiger charge is -2.34. The van der Waals surface area contributed by atoms with Crippen LogP contribution in [0.15, 0.2) is 54.6 Å². The number of amides is 1. The standard InChI is InChI=1S/C22H28N2O2/c1-18-6-5-9-20(14-18)16-22(25)23-17-21(24-10-12-26-13-11-24)15-19-7-3-2-4-8-19/h2-9,14,21H,10-13,15-17H2,1H3,(H,23,25). The lowest BCUT2D eigenvalue weighted by atomic mass is 10.0. The minimum Gasteiger partial charge on any atom is -0.379 e. The van der Waals surface area contributed by atoms with E-state index in [0.29, 0.717) is 19.0 Å². The molecule has 1 fully saturated rings. The molecule has 0 bridgehead atoms. The van der Waals surface area contributed by atoms with Crippen molar-refractivity contribution in [3.8, 4) is 0 Å². The number of nitrogens with zero attached hydrogens (tertiary/aromatic N) is 1. The Hall–Kier alpha value is -2.17. The van der Waals surface area contributed by atoms with Crippen molar-refractivity contribution in [1.29, 1.82) is 0 Å². The molecule has 0 spiro atoms. The Bertz CT molecular complexity index is 696. The summed E-state index contributed by atoms with van der Waals surface area (Å²) < 4.78 is 5.49. The third kappa shape index (κ3) is 5.68. The predicted octanol–water partition coefficient (Wildman–Crippen LogP) is 2.60. The molecule has 1 atom stereocenters. The van der Waals surface area contributed by atoms with Crippen LogP contribution < -0.4 is 5.32 Å². The Balaban J connectivity index is 1.58. The molecule has 4 heteroatoms. The fourth-order valence-electron chi connectivity index (χ4n) is 3.46. The lowest BCUT2D eigenvalue weighted by molar-refractivity contribution is -0.120. The monoisotopic (exact) mass is 352 g/mol. The fraction of sp³-hybridized carbons (Fsp3) is 0.409. The average Bonchev–Trinajstić information content (AvgIpc) is 2.66. The van der Waals surface area contributed by atoms with E-state index in [9.17, 15) is 4.79 Å². The van der Waals surface area contributed by atoms with Crippen LogP contribution in [0.3, 0.4) is 0 Å². The average molecular weight is 352 g/mol. The topological polar surface area (TPSA) is 41.6 Å². The SMILES string of the molecule is Cc1cccc(CC(=O)NCC(Cc2ccccc2)N2CCOCC2)c1. The molecule has 2 aromatic carbocycles. The lowest BCUT2D eigenvalue weighted by Crippen LogP contribution is -2.50. The second-order valence-corrected chi connectivity index (χ2v) is 6.96. The van der Waals surface area contributed by atoms with Crippen LogP contribution in [0, 0.1) is 6.92 Å². The van der Waals surface area contributed by atoms with Crippen molar-refractivity contribution in [2.75, 3.05) is 32.8 Å². The Morgan fingerprint density at radius 1 is 1.08 bits per heavy atom. The molecule has 1 amide bonds. The fourth-order valence-corrected chi connectivity index (χ4v) is 3.46. The van der Waals surface area contributed by atoms with Gasteiger partial charge in [0, 0.05) is 25.7 Å². The summed E-state index contributed by atoms with van der Waals surface area (Å²) in [5.41, 5.74) is 3.55. The summed E-state index contributed by atoms with van der Waals surface area (Å²) >= 11 is 0. The van der Waals surface area contributed by atoms with Gasteiger partial charge in [-0.15, -0.1) is 0 Å². The molecule has 26 heavy (non-hydrogen) atoms. The predicted molar refractivity (Wildman–Crippen MR) is 104 cm³/mol. The molecule has 3 rings (SSSR count). The van der Waals surface area contributed by atoms with E-state index in [2.05, 4.69) is 53.5 Å². The smallest absolute Gasteiger partial charge is 0.224 e. The molecule has 4 nitrogen and oxygen atoms in total. The van der Waals surface area contributed by atoms with Crippen LogP contribution in [0.25, 0.3) is 0 Å². The zero-order valence-electron chi connectivity index (χ0n) is 15.5. The van der Waals surface area contributed by atoms with E-state index in [1.165, 1.54) is 11.1 Å². The van der Waals surface area contributed by atoms with Crippen LogP contribution in [0.5, 0.6) is 0 Å². The molecule has 138 valence electrons. The number of aryl methyl sites for hydroxylation is 1. The number of benzene rings is 2. The molecule has 2 aromatic rings. The van der Waals surface area contributed by atoms with Gasteiger partial charge in [0.2, 0.25) is 5.91 Å². The molecule has 0 aromatic heterocycles. The molecule has 1 aliphatic rings. The number of nitrogens with one attached hydrogen (secondary N) is 1. The van der Waals surface area contributed by atoms with Gasteiger partial charge in [0.25, 0.3) is 0 Å². The van der Waals surface area contributed by atoms with Gasteiger partial charge < -0.3 is 10.1 Å². The third-order valence-electron chi connectivity index (χ3n) is 4.86. The summed E-state index contributed by atoms with van der Waals surface area (Å²) in [5, 5.41) is 3.15. The van der Waals surface area contributed by atoms with Crippen molar-refractivity contribution in [2.45, 2.75) is 25.8 Å². The highest BCUT2D eigenvalue weighted by molar-refractivity contribution is 5.78. The van der Waals surface area contributed by atoms with Gasteiger partial charge in [-0.1, -0.05) is 60.2 Å². The van der Waals surface area contributed by atoms with Gasteiger partial charge >= 0.3 is 0 Å². The maximum Gasteiger partial charge on any atom is 0.224 e. The molecule has 1 saturated heterocycles. The summed E-state index contributed by atoms with van der Waals surface area (Å²) in [7, 11) is 0. The van der Waals surface area contributed by atoms with E-state index < -0.39 is 0 Å². The van der Waals surface area contributed by atoms with Crippen molar-refractivity contribution in [3.63, 3.8) is 0 Å². The van der Waals surface area contributed by atoms with Gasteiger partial charge in [0.05, 0.1) is 19.6 Å².